The second-order valence-corrected chi connectivity index (χ2v) is 7.30. The van der Waals surface area contributed by atoms with Gasteiger partial charge < -0.3 is 10.1 Å². The van der Waals surface area contributed by atoms with E-state index in [1.807, 2.05) is 66.7 Å². The van der Waals surface area contributed by atoms with Gasteiger partial charge in [-0.1, -0.05) is 73.1 Å². The second kappa shape index (κ2) is 15.3. The van der Waals surface area contributed by atoms with Crippen molar-refractivity contribution in [2.24, 2.45) is 11.0 Å². The Hall–Kier alpha value is -2.56. The van der Waals surface area contributed by atoms with Crippen LogP contribution in [0.4, 0.5) is 0 Å². The number of amides is 1. The lowest BCUT2D eigenvalue weighted by Gasteiger charge is -2.32. The van der Waals surface area contributed by atoms with Crippen LogP contribution in [-0.2, 0) is 4.79 Å². The molecule has 1 aliphatic rings. The largest absolute Gasteiger partial charge is 0.493 e. The van der Waals surface area contributed by atoms with Crippen molar-refractivity contribution in [3.05, 3.63) is 52.9 Å². The quantitative estimate of drug-likeness (QED) is 0.433. The van der Waals surface area contributed by atoms with E-state index in [1.165, 1.54) is 0 Å². The van der Waals surface area contributed by atoms with Crippen molar-refractivity contribution in [3.8, 4) is 5.75 Å². The summed E-state index contributed by atoms with van der Waals surface area (Å²) < 4.78 is 5.77. The van der Waals surface area contributed by atoms with E-state index < -0.39 is 0 Å². The van der Waals surface area contributed by atoms with Gasteiger partial charge in [-0.05, 0) is 57.2 Å². The molecule has 5 nitrogen and oxygen atoms in total. The fourth-order valence-electron chi connectivity index (χ4n) is 3.18. The molecule has 1 atom stereocenters. The van der Waals surface area contributed by atoms with Crippen molar-refractivity contribution in [1.29, 1.82) is 0 Å². The third-order valence-electron chi connectivity index (χ3n) is 5.11. The Morgan fingerprint density at radius 1 is 1.19 bits per heavy atom. The van der Waals surface area contributed by atoms with Crippen LogP contribution in [0.3, 0.4) is 0 Å². The number of benzene rings is 1. The van der Waals surface area contributed by atoms with Crippen LogP contribution in [0, 0.1) is 12.8 Å². The molecule has 2 rings (SSSR count). The molecule has 0 aliphatic carbocycles. The summed E-state index contributed by atoms with van der Waals surface area (Å²) >= 11 is 0. The van der Waals surface area contributed by atoms with Crippen LogP contribution in [0.5, 0.6) is 5.75 Å². The normalized spacial score (nSPS) is 15.2. The minimum absolute atomic E-state index is 0.149. The molecular weight excluding hydrogens is 398 g/mol. The van der Waals surface area contributed by atoms with Crippen LogP contribution in [0.15, 0.2) is 46.8 Å². The van der Waals surface area contributed by atoms with Crippen LogP contribution in [0.1, 0.15) is 92.7 Å². The van der Waals surface area contributed by atoms with Crippen molar-refractivity contribution in [1.82, 2.24) is 10.3 Å². The number of nitrogens with zero attached hydrogens (tertiary/aromatic N) is 2. The molecule has 1 aromatic carbocycles. The Balaban J connectivity index is 0.00000227. The first-order chi connectivity index (χ1) is 15.3. The number of carbonyl (C=O) groups excluding carboxylic acids is 1. The lowest BCUT2D eigenvalue weighted by atomic mass is 9.96. The molecule has 1 aromatic rings. The number of carbonyl (C=O) groups is 1. The van der Waals surface area contributed by atoms with Crippen LogP contribution < -0.4 is 10.1 Å². The number of allylic oxidation sites excluding steroid dienone is 2. The molecule has 32 heavy (non-hydrogen) atoms. The highest BCUT2D eigenvalue weighted by molar-refractivity contribution is 6.15. The summed E-state index contributed by atoms with van der Waals surface area (Å²) in [6.07, 6.45) is 2.67. The maximum atomic E-state index is 13.1. The summed E-state index contributed by atoms with van der Waals surface area (Å²) in [5, 5.41) is 9.52. The van der Waals surface area contributed by atoms with Gasteiger partial charge in [0.05, 0.1) is 12.2 Å². The van der Waals surface area contributed by atoms with Gasteiger partial charge in [0.2, 0.25) is 0 Å². The molecule has 1 unspecified atom stereocenters. The lowest BCUT2D eigenvalue weighted by Crippen LogP contribution is -2.44. The van der Waals surface area contributed by atoms with Crippen molar-refractivity contribution < 1.29 is 9.53 Å². The van der Waals surface area contributed by atoms with Crippen LogP contribution in [0.25, 0.3) is 0 Å². The molecule has 180 valence electrons. The maximum Gasteiger partial charge on any atom is 0.275 e. The lowest BCUT2D eigenvalue weighted by molar-refractivity contribution is -0.118. The van der Waals surface area contributed by atoms with E-state index >= 15 is 0 Å². The Bertz CT molecular complexity index is 809. The Morgan fingerprint density at radius 3 is 2.34 bits per heavy atom. The standard InChI is InChI=1S/C23H33N3O2.2C2H6/c1-8-11-17(6)26-21(18(7)16(5)9-2)23(27)24-22(25-26)19-14-15(4)12-13-20(19)28-10-3;2*1-2/h12-14,16H,6,8-11H2,1-5,7H3,(H,24,25,27);2*1-2H3/b21-18-;;. The van der Waals surface area contributed by atoms with Crippen LogP contribution in [0.2, 0.25) is 0 Å². The molecule has 0 saturated heterocycles. The molecule has 1 amide bonds. The van der Waals surface area contributed by atoms with Gasteiger partial charge in [0.15, 0.2) is 5.84 Å². The molecule has 0 saturated carbocycles. The van der Waals surface area contributed by atoms with Gasteiger partial charge in [-0.15, -0.1) is 5.10 Å². The maximum absolute atomic E-state index is 13.1. The molecule has 0 bridgehead atoms. The SMILES string of the molecule is C=C(CCC)N1N=C(c2cc(C)ccc2OCC)NC(=O)/C1=C(\C)C(C)CC.CC.CC. The first-order valence-electron chi connectivity index (χ1n) is 12.2. The molecule has 0 aromatic heterocycles. The van der Waals surface area contributed by atoms with Gasteiger partial charge in [0.25, 0.3) is 5.91 Å². The van der Waals surface area contributed by atoms with E-state index in [2.05, 4.69) is 32.7 Å². The van der Waals surface area contributed by atoms with E-state index in [0.717, 1.165) is 41.7 Å². The zero-order valence-electron chi connectivity index (χ0n) is 22.1. The summed E-state index contributed by atoms with van der Waals surface area (Å²) in [7, 11) is 0. The smallest absolute Gasteiger partial charge is 0.275 e. The number of hydrazone groups is 1. The van der Waals surface area contributed by atoms with Crippen molar-refractivity contribution in [3.63, 3.8) is 0 Å². The minimum atomic E-state index is -0.149. The van der Waals surface area contributed by atoms with Gasteiger partial charge in [0.1, 0.15) is 11.4 Å². The van der Waals surface area contributed by atoms with Gasteiger partial charge in [0, 0.05) is 5.70 Å². The summed E-state index contributed by atoms with van der Waals surface area (Å²) in [6.45, 7) is 25.0. The Morgan fingerprint density at radius 2 is 1.81 bits per heavy atom. The topological polar surface area (TPSA) is 53.9 Å². The third kappa shape index (κ3) is 7.54. The van der Waals surface area contributed by atoms with Gasteiger partial charge >= 0.3 is 0 Å². The van der Waals surface area contributed by atoms with Crippen molar-refractivity contribution >= 4 is 11.7 Å². The molecule has 0 radical (unpaired) electrons. The summed E-state index contributed by atoms with van der Waals surface area (Å²) in [5.41, 5.74) is 4.28. The predicted molar refractivity (Wildman–Crippen MR) is 138 cm³/mol. The number of ether oxygens (including phenoxy) is 1. The van der Waals surface area contributed by atoms with Crippen LogP contribution in [-0.4, -0.2) is 23.4 Å². The summed E-state index contributed by atoms with van der Waals surface area (Å²) in [5.74, 6) is 1.34. The van der Waals surface area contributed by atoms with Crippen molar-refractivity contribution in [2.75, 3.05) is 6.61 Å². The predicted octanol–water partition coefficient (Wildman–Crippen LogP) is 7.17. The molecule has 1 heterocycles. The summed E-state index contributed by atoms with van der Waals surface area (Å²) in [6, 6.07) is 5.90. The first kappa shape index (κ1) is 29.4. The molecule has 1 N–H and O–H groups in total. The highest BCUT2D eigenvalue weighted by Gasteiger charge is 2.31. The van der Waals surface area contributed by atoms with Crippen LogP contribution >= 0.6 is 0 Å². The number of nitrogens with one attached hydrogen (secondary N) is 1. The Labute approximate surface area is 196 Å². The molecule has 0 fully saturated rings. The van der Waals surface area contributed by atoms with E-state index in [-0.39, 0.29) is 11.8 Å². The van der Waals surface area contributed by atoms with E-state index in [4.69, 9.17) is 9.84 Å². The summed E-state index contributed by atoms with van der Waals surface area (Å²) in [4.78, 5) is 13.1. The zero-order chi connectivity index (χ0) is 24.8. The van der Waals surface area contributed by atoms with Gasteiger partial charge in [-0.2, -0.15) is 0 Å². The average Bonchev–Trinajstić information content (AvgIpc) is 2.81. The molecule has 0 spiro atoms. The zero-order valence-corrected chi connectivity index (χ0v) is 22.1. The fourth-order valence-corrected chi connectivity index (χ4v) is 3.18. The number of hydrogen-bond acceptors (Lipinski definition) is 4. The molecule has 5 heteroatoms. The van der Waals surface area contributed by atoms with Gasteiger partial charge in [-0.25, -0.2) is 5.01 Å². The fraction of sp³-hybridized carbons (Fsp3) is 0.556. The minimum Gasteiger partial charge on any atom is -0.493 e. The van der Waals surface area contributed by atoms with Crippen molar-refractivity contribution in [2.45, 2.75) is 88.5 Å². The number of aryl methyl sites for hydroxylation is 1. The molecule has 1 aliphatic heterocycles. The highest BCUT2D eigenvalue weighted by Crippen LogP contribution is 2.29. The average molecular weight is 444 g/mol. The number of rotatable bonds is 8. The van der Waals surface area contributed by atoms with Gasteiger partial charge in [-0.3, -0.25) is 4.79 Å². The number of amidine groups is 1. The third-order valence-corrected chi connectivity index (χ3v) is 5.11. The van der Waals surface area contributed by atoms with E-state index in [9.17, 15) is 4.79 Å². The van der Waals surface area contributed by atoms with E-state index in [0.29, 0.717) is 23.9 Å². The monoisotopic (exact) mass is 443 g/mol. The Kier molecular flexibility index (Phi) is 14.1. The van der Waals surface area contributed by atoms with E-state index in [1.54, 1.807) is 5.01 Å². The highest BCUT2D eigenvalue weighted by atomic mass is 16.5. The molecular formula is C27H45N3O2. The number of hydrogen-bond donors (Lipinski definition) is 1. The second-order valence-electron chi connectivity index (χ2n) is 7.30. The first-order valence-corrected chi connectivity index (χ1v) is 12.2.